The normalized spacial score (nSPS) is 20.8. The second-order valence-corrected chi connectivity index (χ2v) is 5.52. The zero-order valence-electron chi connectivity index (χ0n) is 12.3. The van der Waals surface area contributed by atoms with Crippen LogP contribution in [0.4, 0.5) is 11.4 Å². The summed E-state index contributed by atoms with van der Waals surface area (Å²) in [6.07, 6.45) is 0.505. The molecule has 1 aliphatic rings. The van der Waals surface area contributed by atoms with E-state index in [0.29, 0.717) is 23.8 Å². The van der Waals surface area contributed by atoms with Crippen LogP contribution < -0.4 is 11.1 Å². The number of rotatable bonds is 4. The molecule has 1 aromatic rings. The van der Waals surface area contributed by atoms with Gasteiger partial charge in [-0.25, -0.2) is 0 Å². The molecular formula is C15H24N4O. The number of hydrogen-bond acceptors (Lipinski definition) is 4. The highest BCUT2D eigenvalue weighted by atomic mass is 16.1. The highest BCUT2D eigenvalue weighted by molar-refractivity contribution is 5.93. The zero-order chi connectivity index (χ0) is 14.5. The van der Waals surface area contributed by atoms with Crippen molar-refractivity contribution in [2.24, 2.45) is 0 Å². The summed E-state index contributed by atoms with van der Waals surface area (Å²) in [6.45, 7) is 6.14. The van der Waals surface area contributed by atoms with E-state index in [2.05, 4.69) is 29.1 Å². The molecule has 1 atom stereocenters. The number of benzene rings is 1. The quantitative estimate of drug-likeness (QED) is 0.812. The number of carbonyl (C=O) groups is 1. The average molecular weight is 276 g/mol. The number of piperazine rings is 1. The van der Waals surface area contributed by atoms with E-state index in [9.17, 15) is 4.79 Å². The van der Waals surface area contributed by atoms with Gasteiger partial charge >= 0.3 is 0 Å². The van der Waals surface area contributed by atoms with Gasteiger partial charge < -0.3 is 20.9 Å². The maximum absolute atomic E-state index is 11.9. The van der Waals surface area contributed by atoms with Crippen molar-refractivity contribution in [3.63, 3.8) is 0 Å². The minimum absolute atomic E-state index is 0.0227. The Morgan fingerprint density at radius 1 is 1.40 bits per heavy atom. The molecule has 5 heteroatoms. The van der Waals surface area contributed by atoms with Gasteiger partial charge in [0.2, 0.25) is 5.91 Å². The van der Waals surface area contributed by atoms with Gasteiger partial charge in [-0.15, -0.1) is 0 Å². The molecule has 1 heterocycles. The minimum atomic E-state index is 0.0227. The third kappa shape index (κ3) is 3.95. The molecule has 0 saturated carbocycles. The Kier molecular flexibility index (Phi) is 4.98. The zero-order valence-corrected chi connectivity index (χ0v) is 12.3. The lowest BCUT2D eigenvalue weighted by molar-refractivity contribution is -0.116. The molecule has 1 aromatic carbocycles. The van der Waals surface area contributed by atoms with Crippen molar-refractivity contribution in [2.75, 3.05) is 44.3 Å². The molecular weight excluding hydrogens is 252 g/mol. The summed E-state index contributed by atoms with van der Waals surface area (Å²) < 4.78 is 0. The lowest BCUT2D eigenvalue weighted by atomic mass is 10.2. The molecule has 1 unspecified atom stereocenters. The van der Waals surface area contributed by atoms with E-state index in [0.717, 1.165) is 26.2 Å². The summed E-state index contributed by atoms with van der Waals surface area (Å²) in [5, 5.41) is 2.87. The number of carbonyl (C=O) groups excluding carboxylic acids is 1. The topological polar surface area (TPSA) is 61.6 Å². The average Bonchev–Trinajstić information content (AvgIpc) is 2.43. The van der Waals surface area contributed by atoms with Crippen molar-refractivity contribution in [3.8, 4) is 0 Å². The van der Waals surface area contributed by atoms with Gasteiger partial charge in [0, 0.05) is 38.6 Å². The first-order valence-electron chi connectivity index (χ1n) is 7.13. The van der Waals surface area contributed by atoms with Crippen LogP contribution in [0.5, 0.6) is 0 Å². The third-order valence-electron chi connectivity index (χ3n) is 3.93. The maximum atomic E-state index is 11.9. The number of likely N-dealkylation sites (N-methyl/N-ethyl adjacent to an activating group) is 1. The first-order chi connectivity index (χ1) is 9.56. The number of amides is 1. The predicted octanol–water partition coefficient (Wildman–Crippen LogP) is 1.23. The summed E-state index contributed by atoms with van der Waals surface area (Å²) in [5.41, 5.74) is 7.11. The van der Waals surface area contributed by atoms with Gasteiger partial charge in [0.1, 0.15) is 0 Å². The van der Waals surface area contributed by atoms with Crippen molar-refractivity contribution in [1.82, 2.24) is 9.80 Å². The van der Waals surface area contributed by atoms with Gasteiger partial charge in [0.25, 0.3) is 0 Å². The van der Waals surface area contributed by atoms with E-state index in [1.807, 2.05) is 18.2 Å². The molecule has 1 fully saturated rings. The Bertz CT molecular complexity index is 463. The standard InChI is InChI=1S/C15H24N4O/c1-12-11-19(10-9-18(12)2)8-7-15(20)17-14-6-4-3-5-13(14)16/h3-6,12H,7-11,16H2,1-2H3,(H,17,20). The number of nitrogens with zero attached hydrogens (tertiary/aromatic N) is 2. The van der Waals surface area contributed by atoms with E-state index in [1.165, 1.54) is 0 Å². The molecule has 0 aliphatic carbocycles. The van der Waals surface area contributed by atoms with E-state index < -0.39 is 0 Å². The summed E-state index contributed by atoms with van der Waals surface area (Å²) in [4.78, 5) is 16.6. The first-order valence-corrected chi connectivity index (χ1v) is 7.13. The number of nitrogen functional groups attached to an aromatic ring is 1. The van der Waals surface area contributed by atoms with Crippen LogP contribution in [0.15, 0.2) is 24.3 Å². The van der Waals surface area contributed by atoms with Crippen LogP contribution in [0.25, 0.3) is 0 Å². The Labute approximate surface area is 120 Å². The third-order valence-corrected chi connectivity index (χ3v) is 3.93. The van der Waals surface area contributed by atoms with Gasteiger partial charge in [-0.3, -0.25) is 4.79 Å². The van der Waals surface area contributed by atoms with Gasteiger partial charge in [-0.1, -0.05) is 12.1 Å². The van der Waals surface area contributed by atoms with E-state index in [4.69, 9.17) is 5.73 Å². The monoisotopic (exact) mass is 276 g/mol. The highest BCUT2D eigenvalue weighted by Crippen LogP contribution is 2.17. The number of nitrogens with one attached hydrogen (secondary N) is 1. The fourth-order valence-electron chi connectivity index (χ4n) is 2.41. The van der Waals surface area contributed by atoms with Crippen LogP contribution in [-0.2, 0) is 4.79 Å². The van der Waals surface area contributed by atoms with Crippen molar-refractivity contribution in [1.29, 1.82) is 0 Å². The Morgan fingerprint density at radius 3 is 2.85 bits per heavy atom. The molecule has 110 valence electrons. The van der Waals surface area contributed by atoms with Crippen molar-refractivity contribution in [3.05, 3.63) is 24.3 Å². The second kappa shape index (κ2) is 6.72. The fraction of sp³-hybridized carbons (Fsp3) is 0.533. The summed E-state index contributed by atoms with van der Waals surface area (Å²) >= 11 is 0. The van der Waals surface area contributed by atoms with E-state index in [1.54, 1.807) is 6.07 Å². The summed E-state index contributed by atoms with van der Waals surface area (Å²) in [6, 6.07) is 7.89. The van der Waals surface area contributed by atoms with Crippen LogP contribution in [0.3, 0.4) is 0 Å². The number of anilines is 2. The molecule has 0 radical (unpaired) electrons. The molecule has 3 N–H and O–H groups in total. The second-order valence-electron chi connectivity index (χ2n) is 5.52. The van der Waals surface area contributed by atoms with Crippen LogP contribution in [0.1, 0.15) is 13.3 Å². The molecule has 20 heavy (non-hydrogen) atoms. The van der Waals surface area contributed by atoms with Gasteiger partial charge in [-0.05, 0) is 26.1 Å². The lowest BCUT2D eigenvalue weighted by Gasteiger charge is -2.37. The van der Waals surface area contributed by atoms with Crippen LogP contribution in [0, 0.1) is 0 Å². The molecule has 1 aliphatic heterocycles. The molecule has 1 amide bonds. The molecule has 0 spiro atoms. The number of nitrogens with two attached hydrogens (primary N) is 1. The predicted molar refractivity (Wildman–Crippen MR) is 82.6 cm³/mol. The summed E-state index contributed by atoms with van der Waals surface area (Å²) in [7, 11) is 2.15. The molecule has 0 aromatic heterocycles. The van der Waals surface area contributed by atoms with Gasteiger partial charge in [-0.2, -0.15) is 0 Å². The van der Waals surface area contributed by atoms with Crippen molar-refractivity contribution in [2.45, 2.75) is 19.4 Å². The van der Waals surface area contributed by atoms with E-state index in [-0.39, 0.29) is 5.91 Å². The highest BCUT2D eigenvalue weighted by Gasteiger charge is 2.20. The minimum Gasteiger partial charge on any atom is -0.397 e. The Balaban J connectivity index is 1.77. The van der Waals surface area contributed by atoms with Crippen molar-refractivity contribution >= 4 is 17.3 Å². The summed E-state index contributed by atoms with van der Waals surface area (Å²) in [5.74, 6) is 0.0227. The Morgan fingerprint density at radius 2 is 2.15 bits per heavy atom. The number of para-hydroxylation sites is 2. The maximum Gasteiger partial charge on any atom is 0.225 e. The van der Waals surface area contributed by atoms with Gasteiger partial charge in [0.05, 0.1) is 11.4 Å². The van der Waals surface area contributed by atoms with Crippen LogP contribution in [-0.4, -0.2) is 55.0 Å². The largest absolute Gasteiger partial charge is 0.397 e. The first kappa shape index (κ1) is 14.8. The fourth-order valence-corrected chi connectivity index (χ4v) is 2.41. The molecule has 0 bridgehead atoms. The van der Waals surface area contributed by atoms with Crippen LogP contribution in [0.2, 0.25) is 0 Å². The molecule has 1 saturated heterocycles. The molecule has 5 nitrogen and oxygen atoms in total. The number of hydrogen-bond donors (Lipinski definition) is 2. The Hall–Kier alpha value is -1.59. The van der Waals surface area contributed by atoms with Crippen LogP contribution >= 0.6 is 0 Å². The SMILES string of the molecule is CC1CN(CCC(=O)Nc2ccccc2N)CCN1C. The van der Waals surface area contributed by atoms with Crippen molar-refractivity contribution < 1.29 is 4.79 Å². The van der Waals surface area contributed by atoms with E-state index >= 15 is 0 Å². The molecule has 2 rings (SSSR count). The smallest absolute Gasteiger partial charge is 0.225 e. The van der Waals surface area contributed by atoms with Gasteiger partial charge in [0.15, 0.2) is 0 Å². The lowest BCUT2D eigenvalue weighted by Crippen LogP contribution is -2.50.